The molecule has 2 rings (SSSR count). The van der Waals surface area contributed by atoms with Crippen LogP contribution in [0, 0.1) is 5.82 Å². The first kappa shape index (κ1) is 17.6. The molecule has 1 atom stereocenters. The van der Waals surface area contributed by atoms with Gasteiger partial charge in [-0.05, 0) is 25.1 Å². The summed E-state index contributed by atoms with van der Waals surface area (Å²) in [5.74, 6) is -1.41. The zero-order valence-corrected chi connectivity index (χ0v) is 12.7. The molecule has 0 fully saturated rings. The number of methoxy groups -OCH3 is 1. The van der Waals surface area contributed by atoms with Crippen LogP contribution in [0.15, 0.2) is 30.6 Å². The van der Waals surface area contributed by atoms with Crippen molar-refractivity contribution in [1.29, 1.82) is 0 Å². The lowest BCUT2D eigenvalue weighted by molar-refractivity contribution is -0.142. The fraction of sp³-hybridized carbons (Fsp3) is 0.267. The minimum atomic E-state index is -4.77. The number of hydrogen-bond acceptors (Lipinski definition) is 5. The number of halogens is 4. The van der Waals surface area contributed by atoms with Crippen LogP contribution in [-0.4, -0.2) is 29.1 Å². The van der Waals surface area contributed by atoms with Gasteiger partial charge in [0.25, 0.3) is 0 Å². The number of carbonyl (C=O) groups is 1. The molecule has 0 aliphatic heterocycles. The zero-order valence-electron chi connectivity index (χ0n) is 12.7. The highest BCUT2D eigenvalue weighted by molar-refractivity contribution is 5.79. The molecule has 128 valence electrons. The van der Waals surface area contributed by atoms with Crippen molar-refractivity contribution in [3.05, 3.63) is 42.1 Å². The molecule has 24 heavy (non-hydrogen) atoms. The Balaban J connectivity index is 2.45. The van der Waals surface area contributed by atoms with Gasteiger partial charge < -0.3 is 10.1 Å². The summed E-state index contributed by atoms with van der Waals surface area (Å²) in [6.07, 6.45) is -2.63. The summed E-state index contributed by atoms with van der Waals surface area (Å²) < 4.78 is 57.4. The van der Waals surface area contributed by atoms with Gasteiger partial charge in [-0.15, -0.1) is 0 Å². The molecule has 1 unspecified atom stereocenters. The molecule has 9 heteroatoms. The average molecular weight is 343 g/mol. The second-order valence-corrected chi connectivity index (χ2v) is 4.87. The SMILES string of the molecule is COC(=O)C(C)Nc1ccc(-c2cncc(F)c2)nc1C(F)(F)F. The van der Waals surface area contributed by atoms with Crippen LogP contribution in [0.4, 0.5) is 23.2 Å². The normalized spacial score (nSPS) is 12.6. The molecule has 0 aliphatic carbocycles. The van der Waals surface area contributed by atoms with Crippen molar-refractivity contribution in [2.75, 3.05) is 12.4 Å². The monoisotopic (exact) mass is 343 g/mol. The first-order valence-electron chi connectivity index (χ1n) is 6.76. The molecule has 0 bridgehead atoms. The fourth-order valence-corrected chi connectivity index (χ4v) is 1.97. The predicted octanol–water partition coefficient (Wildman–Crippen LogP) is 3.27. The topological polar surface area (TPSA) is 64.1 Å². The third-order valence-corrected chi connectivity index (χ3v) is 3.09. The van der Waals surface area contributed by atoms with E-state index in [0.717, 1.165) is 25.4 Å². The summed E-state index contributed by atoms with van der Waals surface area (Å²) in [4.78, 5) is 18.5. The largest absolute Gasteiger partial charge is 0.467 e. The van der Waals surface area contributed by atoms with E-state index < -0.39 is 29.7 Å². The quantitative estimate of drug-likeness (QED) is 0.682. The average Bonchev–Trinajstić information content (AvgIpc) is 2.53. The number of esters is 1. The third kappa shape index (κ3) is 3.98. The Morgan fingerprint density at radius 1 is 1.29 bits per heavy atom. The van der Waals surface area contributed by atoms with Gasteiger partial charge in [-0.1, -0.05) is 0 Å². The summed E-state index contributed by atoms with van der Waals surface area (Å²) in [6, 6.07) is 2.42. The molecule has 5 nitrogen and oxygen atoms in total. The van der Waals surface area contributed by atoms with Gasteiger partial charge in [0.1, 0.15) is 11.9 Å². The Labute approximate surface area is 134 Å². The van der Waals surface area contributed by atoms with Crippen molar-refractivity contribution >= 4 is 11.7 Å². The van der Waals surface area contributed by atoms with E-state index in [4.69, 9.17) is 0 Å². The maximum Gasteiger partial charge on any atom is 0.435 e. The van der Waals surface area contributed by atoms with Crippen LogP contribution in [0.1, 0.15) is 12.6 Å². The van der Waals surface area contributed by atoms with Crippen molar-refractivity contribution in [3.8, 4) is 11.3 Å². The number of hydrogen-bond donors (Lipinski definition) is 1. The predicted molar refractivity (Wildman–Crippen MR) is 77.5 cm³/mol. The van der Waals surface area contributed by atoms with E-state index in [1.165, 1.54) is 19.2 Å². The van der Waals surface area contributed by atoms with E-state index in [9.17, 15) is 22.4 Å². The number of ether oxygens (including phenoxy) is 1. The minimum Gasteiger partial charge on any atom is -0.467 e. The fourth-order valence-electron chi connectivity index (χ4n) is 1.97. The van der Waals surface area contributed by atoms with Gasteiger partial charge in [-0.3, -0.25) is 4.98 Å². The maximum atomic E-state index is 13.2. The van der Waals surface area contributed by atoms with Crippen LogP contribution < -0.4 is 5.32 Å². The van der Waals surface area contributed by atoms with Gasteiger partial charge in [0.05, 0.1) is 24.7 Å². The molecule has 0 saturated carbocycles. The number of aromatic nitrogens is 2. The number of pyridine rings is 2. The van der Waals surface area contributed by atoms with Crippen LogP contribution in [0.25, 0.3) is 11.3 Å². The Morgan fingerprint density at radius 2 is 2.00 bits per heavy atom. The van der Waals surface area contributed by atoms with E-state index in [1.54, 1.807) is 0 Å². The molecule has 0 amide bonds. The Kier molecular flexibility index (Phi) is 5.01. The summed E-state index contributed by atoms with van der Waals surface area (Å²) >= 11 is 0. The van der Waals surface area contributed by atoms with E-state index in [1.807, 2.05) is 0 Å². The van der Waals surface area contributed by atoms with Crippen molar-refractivity contribution in [3.63, 3.8) is 0 Å². The summed E-state index contributed by atoms with van der Waals surface area (Å²) in [7, 11) is 1.13. The van der Waals surface area contributed by atoms with E-state index in [-0.39, 0.29) is 16.9 Å². The van der Waals surface area contributed by atoms with Crippen molar-refractivity contribution in [2.24, 2.45) is 0 Å². The first-order valence-corrected chi connectivity index (χ1v) is 6.76. The molecule has 2 aromatic heterocycles. The van der Waals surface area contributed by atoms with E-state index in [0.29, 0.717) is 0 Å². The Hall–Kier alpha value is -2.71. The number of alkyl halides is 3. The minimum absolute atomic E-state index is 0.0920. The standard InChI is InChI=1S/C15H13F4N3O2/c1-8(14(23)24-2)21-12-4-3-11(22-13(12)15(17,18)19)9-5-10(16)7-20-6-9/h3-8,21H,1-2H3. The Morgan fingerprint density at radius 3 is 2.58 bits per heavy atom. The van der Waals surface area contributed by atoms with E-state index in [2.05, 4.69) is 20.0 Å². The highest BCUT2D eigenvalue weighted by atomic mass is 19.4. The van der Waals surface area contributed by atoms with Gasteiger partial charge in [-0.25, -0.2) is 14.2 Å². The second-order valence-electron chi connectivity index (χ2n) is 4.87. The van der Waals surface area contributed by atoms with Gasteiger partial charge in [0, 0.05) is 11.8 Å². The van der Waals surface area contributed by atoms with Crippen molar-refractivity contribution < 1.29 is 27.1 Å². The van der Waals surface area contributed by atoms with Gasteiger partial charge in [-0.2, -0.15) is 13.2 Å². The summed E-state index contributed by atoms with van der Waals surface area (Å²) in [6.45, 7) is 1.36. The van der Waals surface area contributed by atoms with Gasteiger partial charge in [0.15, 0.2) is 5.69 Å². The molecule has 0 aromatic carbocycles. The molecule has 2 heterocycles. The first-order chi connectivity index (χ1) is 11.2. The van der Waals surface area contributed by atoms with Crippen molar-refractivity contribution in [1.82, 2.24) is 9.97 Å². The number of anilines is 1. The van der Waals surface area contributed by atoms with Gasteiger partial charge in [0.2, 0.25) is 0 Å². The molecule has 0 saturated heterocycles. The lowest BCUT2D eigenvalue weighted by Crippen LogP contribution is -2.28. The smallest absolute Gasteiger partial charge is 0.435 e. The van der Waals surface area contributed by atoms with Crippen LogP contribution >= 0.6 is 0 Å². The lowest BCUT2D eigenvalue weighted by atomic mass is 10.1. The van der Waals surface area contributed by atoms with Crippen LogP contribution in [0.5, 0.6) is 0 Å². The molecular weight excluding hydrogens is 330 g/mol. The summed E-state index contributed by atoms with van der Waals surface area (Å²) in [5.41, 5.74) is -1.59. The molecule has 2 aromatic rings. The lowest BCUT2D eigenvalue weighted by Gasteiger charge is -2.18. The van der Waals surface area contributed by atoms with Crippen LogP contribution in [0.2, 0.25) is 0 Å². The van der Waals surface area contributed by atoms with Crippen molar-refractivity contribution in [2.45, 2.75) is 19.1 Å². The second kappa shape index (κ2) is 6.81. The van der Waals surface area contributed by atoms with E-state index >= 15 is 0 Å². The highest BCUT2D eigenvalue weighted by Crippen LogP contribution is 2.35. The number of nitrogens with one attached hydrogen (secondary N) is 1. The summed E-state index contributed by atoms with van der Waals surface area (Å²) in [5, 5.41) is 2.41. The zero-order chi connectivity index (χ0) is 17.9. The van der Waals surface area contributed by atoms with Crippen LogP contribution in [0.3, 0.4) is 0 Å². The number of rotatable bonds is 4. The molecule has 1 N–H and O–H groups in total. The molecular formula is C15H13F4N3O2. The molecule has 0 radical (unpaired) electrons. The third-order valence-electron chi connectivity index (χ3n) is 3.09. The highest BCUT2D eigenvalue weighted by Gasteiger charge is 2.36. The number of carbonyl (C=O) groups excluding carboxylic acids is 1. The maximum absolute atomic E-state index is 13.2. The van der Waals surface area contributed by atoms with Crippen LogP contribution in [-0.2, 0) is 15.7 Å². The molecule has 0 spiro atoms. The molecule has 0 aliphatic rings. The number of nitrogens with zero attached hydrogens (tertiary/aromatic N) is 2. The van der Waals surface area contributed by atoms with Gasteiger partial charge >= 0.3 is 12.1 Å². The Bertz CT molecular complexity index is 750.